The Hall–Kier alpha value is -2.33. The predicted octanol–water partition coefficient (Wildman–Crippen LogP) is 3.76. The van der Waals surface area contributed by atoms with E-state index in [2.05, 4.69) is 21.2 Å². The second-order valence-electron chi connectivity index (χ2n) is 10.5. The van der Waals surface area contributed by atoms with Gasteiger partial charge in [0.15, 0.2) is 5.96 Å². The number of fused-ring (bicyclic) bond motifs is 1. The van der Waals surface area contributed by atoms with E-state index in [1.807, 2.05) is 11.6 Å². The third-order valence-electron chi connectivity index (χ3n) is 8.27. The molecule has 0 spiro atoms. The second kappa shape index (κ2) is 8.96. The molecule has 4 aliphatic rings. The molecule has 2 aromatic rings. The standard InChI is InChI=1S/C25H31BrN4O4S/c1-3-34-23(32)19-18-15(11-29-24(27)28)21(31)16(26)7-17(18)30(2)20(19)22(35-33)25-8-12-4-13(9-25)6-14(5-12)10-25/h7,12-14,31H,3-6,8-11H2,1-2H3,(H4,27,28,29). The molecular formula is C25H31BrN4O4S. The highest BCUT2D eigenvalue weighted by atomic mass is 79.9. The van der Waals surface area contributed by atoms with Crippen molar-refractivity contribution in [2.75, 3.05) is 6.61 Å². The molecule has 35 heavy (non-hydrogen) atoms. The molecule has 1 heterocycles. The third-order valence-corrected chi connectivity index (χ3v) is 9.67. The highest BCUT2D eigenvalue weighted by molar-refractivity contribution is 9.10. The number of aromatic hydroxyl groups is 1. The van der Waals surface area contributed by atoms with Gasteiger partial charge in [-0.05, 0) is 85.2 Å². The van der Waals surface area contributed by atoms with Gasteiger partial charge in [-0.1, -0.05) is 0 Å². The lowest BCUT2D eigenvalue weighted by Crippen LogP contribution is -2.50. The van der Waals surface area contributed by atoms with Crippen LogP contribution >= 0.6 is 15.9 Å². The molecule has 0 saturated heterocycles. The van der Waals surface area contributed by atoms with E-state index >= 15 is 0 Å². The summed E-state index contributed by atoms with van der Waals surface area (Å²) < 4.78 is 20.8. The van der Waals surface area contributed by atoms with E-state index < -0.39 is 5.97 Å². The fraction of sp³-hybridized carbons (Fsp3) is 0.560. The average molecular weight is 564 g/mol. The lowest BCUT2D eigenvalue weighted by Gasteiger charge is -2.56. The number of esters is 1. The van der Waals surface area contributed by atoms with E-state index in [-0.39, 0.29) is 30.3 Å². The number of nitrogens with two attached hydrogens (primary N) is 1. The number of benzene rings is 1. The summed E-state index contributed by atoms with van der Waals surface area (Å²) in [5.74, 6) is 1.10. The lowest BCUT2D eigenvalue weighted by atomic mass is 9.48. The number of aromatic nitrogens is 1. The topological polar surface area (TPSA) is 130 Å². The van der Waals surface area contributed by atoms with E-state index in [1.54, 1.807) is 13.0 Å². The second-order valence-corrected chi connectivity index (χ2v) is 11.9. The van der Waals surface area contributed by atoms with Crippen molar-refractivity contribution in [3.8, 4) is 5.75 Å². The molecule has 0 amide bonds. The maximum atomic E-state index is 13.5. The summed E-state index contributed by atoms with van der Waals surface area (Å²) >= 11 is 3.95. The zero-order valence-corrected chi connectivity index (χ0v) is 22.4. The molecule has 4 saturated carbocycles. The number of hydrogen-bond donors (Lipinski definition) is 4. The summed E-state index contributed by atoms with van der Waals surface area (Å²) in [7, 11) is 1.86. The van der Waals surface area contributed by atoms with Crippen LogP contribution < -0.4 is 11.1 Å². The highest BCUT2D eigenvalue weighted by Gasteiger charge is 2.54. The molecule has 4 fully saturated rings. The minimum atomic E-state index is -0.518. The number of hydrogen-bond acceptors (Lipinski definition) is 5. The molecule has 10 heteroatoms. The van der Waals surface area contributed by atoms with Crippen molar-refractivity contribution in [2.45, 2.75) is 52.0 Å². The van der Waals surface area contributed by atoms with E-state index in [9.17, 15) is 14.1 Å². The molecule has 0 atom stereocenters. The van der Waals surface area contributed by atoms with Crippen LogP contribution in [0.4, 0.5) is 0 Å². The van der Waals surface area contributed by atoms with Gasteiger partial charge in [-0.15, -0.1) is 0 Å². The smallest absolute Gasteiger partial charge is 0.341 e. The molecule has 188 valence electrons. The van der Waals surface area contributed by atoms with Gasteiger partial charge in [0.2, 0.25) is 0 Å². The number of carbonyl (C=O) groups is 1. The number of carbonyl (C=O) groups excluding carboxylic acids is 1. The van der Waals surface area contributed by atoms with Gasteiger partial charge in [0.25, 0.3) is 0 Å². The minimum absolute atomic E-state index is 0.0416. The number of phenolic OH excluding ortho intramolecular Hbond substituents is 1. The Kier molecular flexibility index (Phi) is 6.24. The molecule has 5 N–H and O–H groups in total. The molecule has 0 unspecified atom stereocenters. The number of aryl methyl sites for hydroxylation is 1. The van der Waals surface area contributed by atoms with Crippen molar-refractivity contribution < 1.29 is 18.8 Å². The summed E-state index contributed by atoms with van der Waals surface area (Å²) in [4.78, 5) is 14.2. The number of rotatable bonds is 6. The van der Waals surface area contributed by atoms with Gasteiger partial charge in [-0.25, -0.2) is 9.00 Å². The van der Waals surface area contributed by atoms with Crippen molar-refractivity contribution in [1.29, 1.82) is 5.41 Å². The maximum absolute atomic E-state index is 13.5. The minimum Gasteiger partial charge on any atom is -0.506 e. The van der Waals surface area contributed by atoms with Crippen molar-refractivity contribution >= 4 is 54.9 Å². The summed E-state index contributed by atoms with van der Waals surface area (Å²) in [6.45, 7) is 1.99. The molecule has 1 aromatic carbocycles. The Morgan fingerprint density at radius 2 is 1.91 bits per heavy atom. The van der Waals surface area contributed by atoms with Crippen LogP contribution in [0, 0.1) is 28.6 Å². The summed E-state index contributed by atoms with van der Waals surface area (Å²) in [6.07, 6.45) is 6.70. The quantitative estimate of drug-likeness (QED) is 0.139. The van der Waals surface area contributed by atoms with Gasteiger partial charge in [0.1, 0.15) is 5.75 Å². The summed E-state index contributed by atoms with van der Waals surface area (Å²) in [5.41, 5.74) is 7.34. The predicted molar refractivity (Wildman–Crippen MR) is 140 cm³/mol. The molecule has 0 aliphatic heterocycles. The molecule has 8 nitrogen and oxygen atoms in total. The van der Waals surface area contributed by atoms with Gasteiger partial charge in [0, 0.05) is 30.0 Å². The van der Waals surface area contributed by atoms with Crippen molar-refractivity contribution in [2.24, 2.45) is 36.0 Å². The number of nitrogens with one attached hydrogen (secondary N) is 2. The van der Waals surface area contributed by atoms with Gasteiger partial charge in [0.05, 0.1) is 44.0 Å². The number of ether oxygens (including phenoxy) is 1. The third kappa shape index (κ3) is 3.89. The molecule has 4 aliphatic carbocycles. The number of halogens is 1. The summed E-state index contributed by atoms with van der Waals surface area (Å²) in [5, 5.41) is 21.8. The molecule has 0 radical (unpaired) electrons. The van der Waals surface area contributed by atoms with Gasteiger partial charge >= 0.3 is 5.97 Å². The number of guanidine groups is 1. The van der Waals surface area contributed by atoms with Gasteiger partial charge in [-0.2, -0.15) is 0 Å². The zero-order valence-electron chi connectivity index (χ0n) is 19.9. The van der Waals surface area contributed by atoms with Gasteiger partial charge in [-0.3, -0.25) is 5.41 Å². The normalized spacial score (nSPS) is 26.7. The first-order chi connectivity index (χ1) is 16.7. The van der Waals surface area contributed by atoms with E-state index in [0.717, 1.165) is 24.1 Å². The first kappa shape index (κ1) is 24.4. The molecule has 6 rings (SSSR count). The Bertz CT molecular complexity index is 1260. The SMILES string of the molecule is CCOC(=O)c1c(C(=S=O)C23CC4CC(CC(C4)C2)C3)n(C)c2cc(Br)c(O)c(CNC(=N)N)c12. The van der Waals surface area contributed by atoms with Crippen LogP contribution in [0.15, 0.2) is 10.5 Å². The summed E-state index contributed by atoms with van der Waals surface area (Å²) in [6, 6.07) is 1.76. The van der Waals surface area contributed by atoms with Crippen LogP contribution in [0.25, 0.3) is 10.9 Å². The fourth-order valence-electron chi connectivity index (χ4n) is 7.42. The fourth-order valence-corrected chi connectivity index (χ4v) is 8.62. The first-order valence-corrected chi connectivity index (χ1v) is 13.7. The monoisotopic (exact) mass is 562 g/mol. The van der Waals surface area contributed by atoms with Crippen LogP contribution in [0.3, 0.4) is 0 Å². The van der Waals surface area contributed by atoms with E-state index in [4.69, 9.17) is 15.9 Å². The molecule has 4 bridgehead atoms. The first-order valence-electron chi connectivity index (χ1n) is 12.1. The van der Waals surface area contributed by atoms with Gasteiger partial charge < -0.3 is 25.5 Å². The Labute approximate surface area is 216 Å². The number of phenols is 1. The molecule has 1 aromatic heterocycles. The van der Waals surface area contributed by atoms with Crippen LogP contribution in [0.5, 0.6) is 5.75 Å². The largest absolute Gasteiger partial charge is 0.506 e. The van der Waals surface area contributed by atoms with Crippen LogP contribution in [-0.4, -0.2) is 37.3 Å². The molecular weight excluding hydrogens is 532 g/mol. The highest BCUT2D eigenvalue weighted by Crippen LogP contribution is 2.61. The van der Waals surface area contributed by atoms with Crippen LogP contribution in [-0.2, 0) is 29.6 Å². The lowest BCUT2D eigenvalue weighted by molar-refractivity contribution is -0.0109. The Balaban J connectivity index is 1.78. The zero-order chi connectivity index (χ0) is 25.1. The van der Waals surface area contributed by atoms with Crippen LogP contribution in [0.1, 0.15) is 67.1 Å². The van der Waals surface area contributed by atoms with Crippen LogP contribution in [0.2, 0.25) is 0 Å². The number of nitrogens with zero attached hydrogens (tertiary/aromatic N) is 1. The Morgan fingerprint density at radius 1 is 1.31 bits per heavy atom. The van der Waals surface area contributed by atoms with Crippen molar-refractivity contribution in [1.82, 2.24) is 9.88 Å². The van der Waals surface area contributed by atoms with E-state index in [1.165, 1.54) is 19.3 Å². The van der Waals surface area contributed by atoms with Crippen molar-refractivity contribution in [3.63, 3.8) is 0 Å². The van der Waals surface area contributed by atoms with Crippen molar-refractivity contribution in [3.05, 3.63) is 27.4 Å². The average Bonchev–Trinajstić information content (AvgIpc) is 3.05. The maximum Gasteiger partial charge on any atom is 0.341 e. The Morgan fingerprint density at radius 3 is 2.43 bits per heavy atom. The van der Waals surface area contributed by atoms with E-state index in [0.29, 0.717) is 61.2 Å².